The first kappa shape index (κ1) is 15.0. The van der Waals surface area contributed by atoms with Crippen LogP contribution in [0, 0.1) is 0 Å². The third kappa shape index (κ3) is 3.99. The summed E-state index contributed by atoms with van der Waals surface area (Å²) in [5.41, 5.74) is 5.40. The van der Waals surface area contributed by atoms with Gasteiger partial charge in [-0.2, -0.15) is 0 Å². The zero-order chi connectivity index (χ0) is 13.8. The van der Waals surface area contributed by atoms with Crippen molar-refractivity contribution in [3.8, 4) is 0 Å². The van der Waals surface area contributed by atoms with Crippen LogP contribution in [0.1, 0.15) is 33.6 Å². The number of hydrogen-bond acceptors (Lipinski definition) is 4. The Labute approximate surface area is 109 Å². The van der Waals surface area contributed by atoms with Gasteiger partial charge in [-0.25, -0.2) is 4.79 Å². The normalized spacial score (nSPS) is 23.8. The van der Waals surface area contributed by atoms with Crippen molar-refractivity contribution in [3.63, 3.8) is 0 Å². The van der Waals surface area contributed by atoms with Gasteiger partial charge in [-0.3, -0.25) is 0 Å². The van der Waals surface area contributed by atoms with E-state index in [0.29, 0.717) is 32.6 Å². The van der Waals surface area contributed by atoms with E-state index in [9.17, 15) is 4.79 Å². The van der Waals surface area contributed by atoms with Crippen molar-refractivity contribution in [3.05, 3.63) is 12.2 Å². The number of nitrogens with one attached hydrogen (secondary N) is 1. The summed E-state index contributed by atoms with van der Waals surface area (Å²) in [5, 5.41) is 2.89. The first-order valence-corrected chi connectivity index (χ1v) is 6.26. The van der Waals surface area contributed by atoms with Crippen molar-refractivity contribution in [2.45, 2.75) is 44.8 Å². The zero-order valence-electron chi connectivity index (χ0n) is 11.5. The van der Waals surface area contributed by atoms with E-state index in [-0.39, 0.29) is 0 Å². The molecular weight excluding hydrogens is 232 g/mol. The van der Waals surface area contributed by atoms with Crippen molar-refractivity contribution < 1.29 is 14.3 Å². The molecule has 0 aliphatic carbocycles. The van der Waals surface area contributed by atoms with E-state index in [1.165, 1.54) is 0 Å². The van der Waals surface area contributed by atoms with Crippen LogP contribution in [0.4, 0.5) is 4.79 Å². The summed E-state index contributed by atoms with van der Waals surface area (Å²) in [6.45, 7) is 11.1. The molecular formula is C13H24N2O3. The molecule has 5 nitrogen and oxygen atoms in total. The SMILES string of the molecule is C=C(CCN)C1(NC(=O)OC(C)(C)C)CCOC1. The number of rotatable bonds is 4. The molecule has 0 spiro atoms. The highest BCUT2D eigenvalue weighted by atomic mass is 16.6. The standard InChI is InChI=1S/C13H24N2O3/c1-10(5-7-14)13(6-8-17-9-13)15-11(16)18-12(2,3)4/h1,5-9,14H2,2-4H3,(H,15,16). The lowest BCUT2D eigenvalue weighted by molar-refractivity contribution is 0.0460. The molecule has 1 aliphatic heterocycles. The molecule has 0 aromatic carbocycles. The first-order chi connectivity index (χ1) is 8.29. The Kier molecular flexibility index (Phi) is 4.76. The van der Waals surface area contributed by atoms with E-state index in [2.05, 4.69) is 11.9 Å². The second kappa shape index (κ2) is 5.71. The highest BCUT2D eigenvalue weighted by Crippen LogP contribution is 2.28. The van der Waals surface area contributed by atoms with Crippen LogP contribution in [0.5, 0.6) is 0 Å². The number of hydrogen-bond donors (Lipinski definition) is 2. The Morgan fingerprint density at radius 1 is 1.56 bits per heavy atom. The lowest BCUT2D eigenvalue weighted by Crippen LogP contribution is -2.52. The fraction of sp³-hybridized carbons (Fsp3) is 0.769. The Bertz CT molecular complexity index is 315. The van der Waals surface area contributed by atoms with Gasteiger partial charge in [-0.1, -0.05) is 6.58 Å². The maximum absolute atomic E-state index is 11.9. The third-order valence-electron chi connectivity index (χ3n) is 2.88. The van der Waals surface area contributed by atoms with Gasteiger partial charge in [-0.05, 0) is 39.3 Å². The summed E-state index contributed by atoms with van der Waals surface area (Å²) in [6.07, 6.45) is 0.940. The van der Waals surface area contributed by atoms with Crippen molar-refractivity contribution >= 4 is 6.09 Å². The van der Waals surface area contributed by atoms with Gasteiger partial charge in [0.1, 0.15) is 5.60 Å². The minimum Gasteiger partial charge on any atom is -0.444 e. The second-order valence-corrected chi connectivity index (χ2v) is 5.65. The number of carbonyl (C=O) groups is 1. The largest absolute Gasteiger partial charge is 0.444 e. The van der Waals surface area contributed by atoms with Crippen molar-refractivity contribution in [1.29, 1.82) is 0 Å². The maximum atomic E-state index is 11.9. The maximum Gasteiger partial charge on any atom is 0.408 e. The van der Waals surface area contributed by atoms with E-state index < -0.39 is 17.2 Å². The molecule has 0 aromatic rings. The quantitative estimate of drug-likeness (QED) is 0.749. The van der Waals surface area contributed by atoms with E-state index in [4.69, 9.17) is 15.2 Å². The minimum atomic E-state index is -0.526. The molecule has 3 N–H and O–H groups in total. The molecule has 1 amide bonds. The summed E-state index contributed by atoms with van der Waals surface area (Å²) in [6, 6.07) is 0. The molecule has 18 heavy (non-hydrogen) atoms. The predicted octanol–water partition coefficient (Wildman–Crippen LogP) is 1.58. The number of alkyl carbamates (subject to hydrolysis) is 1. The molecule has 0 saturated carbocycles. The monoisotopic (exact) mass is 256 g/mol. The molecule has 1 unspecified atom stereocenters. The van der Waals surface area contributed by atoms with Gasteiger partial charge >= 0.3 is 6.09 Å². The van der Waals surface area contributed by atoms with Crippen LogP contribution in [-0.4, -0.2) is 37.0 Å². The van der Waals surface area contributed by atoms with Gasteiger partial charge in [0.2, 0.25) is 0 Å². The van der Waals surface area contributed by atoms with Gasteiger partial charge in [0.15, 0.2) is 0 Å². The molecule has 0 aromatic heterocycles. The van der Waals surface area contributed by atoms with Gasteiger partial charge in [-0.15, -0.1) is 0 Å². The summed E-state index contributed by atoms with van der Waals surface area (Å²) in [7, 11) is 0. The molecule has 1 atom stereocenters. The fourth-order valence-electron chi connectivity index (χ4n) is 1.94. The molecule has 1 heterocycles. The van der Waals surface area contributed by atoms with Crippen LogP contribution < -0.4 is 11.1 Å². The van der Waals surface area contributed by atoms with E-state index >= 15 is 0 Å². The average molecular weight is 256 g/mol. The molecule has 104 valence electrons. The van der Waals surface area contributed by atoms with E-state index in [1.807, 2.05) is 20.8 Å². The lowest BCUT2D eigenvalue weighted by Gasteiger charge is -2.32. The molecule has 0 radical (unpaired) electrons. The van der Waals surface area contributed by atoms with Crippen LogP contribution in [-0.2, 0) is 9.47 Å². The topological polar surface area (TPSA) is 73.6 Å². The molecule has 1 saturated heterocycles. The van der Waals surface area contributed by atoms with Gasteiger partial charge in [0, 0.05) is 13.0 Å². The van der Waals surface area contributed by atoms with Crippen LogP contribution >= 0.6 is 0 Å². The zero-order valence-corrected chi connectivity index (χ0v) is 11.5. The third-order valence-corrected chi connectivity index (χ3v) is 2.88. The number of nitrogens with two attached hydrogens (primary N) is 1. The highest BCUT2D eigenvalue weighted by molar-refractivity contribution is 5.69. The molecule has 1 fully saturated rings. The number of ether oxygens (including phenoxy) is 2. The Balaban J connectivity index is 2.69. The first-order valence-electron chi connectivity index (χ1n) is 6.26. The smallest absolute Gasteiger partial charge is 0.408 e. The summed E-state index contributed by atoms with van der Waals surface area (Å²) >= 11 is 0. The Hall–Kier alpha value is -1.07. The molecule has 1 rings (SSSR count). The van der Waals surface area contributed by atoms with Crippen LogP contribution in [0.2, 0.25) is 0 Å². The van der Waals surface area contributed by atoms with Gasteiger partial charge < -0.3 is 20.5 Å². The van der Waals surface area contributed by atoms with Crippen LogP contribution in [0.15, 0.2) is 12.2 Å². The average Bonchev–Trinajstić information content (AvgIpc) is 2.64. The highest BCUT2D eigenvalue weighted by Gasteiger charge is 2.39. The second-order valence-electron chi connectivity index (χ2n) is 5.65. The molecule has 1 aliphatic rings. The Morgan fingerprint density at radius 3 is 2.67 bits per heavy atom. The van der Waals surface area contributed by atoms with Gasteiger partial charge in [0.25, 0.3) is 0 Å². The van der Waals surface area contributed by atoms with E-state index in [1.54, 1.807) is 0 Å². The van der Waals surface area contributed by atoms with Crippen LogP contribution in [0.3, 0.4) is 0 Å². The minimum absolute atomic E-state index is 0.436. The summed E-state index contributed by atoms with van der Waals surface area (Å²) in [5.74, 6) is 0. The summed E-state index contributed by atoms with van der Waals surface area (Å²) in [4.78, 5) is 11.9. The molecule has 5 heteroatoms. The fourth-order valence-corrected chi connectivity index (χ4v) is 1.94. The van der Waals surface area contributed by atoms with Crippen LogP contribution in [0.25, 0.3) is 0 Å². The van der Waals surface area contributed by atoms with Gasteiger partial charge in [0.05, 0.1) is 12.1 Å². The number of carbonyl (C=O) groups excluding carboxylic acids is 1. The van der Waals surface area contributed by atoms with Crippen molar-refractivity contribution in [2.24, 2.45) is 5.73 Å². The summed E-state index contributed by atoms with van der Waals surface area (Å²) < 4.78 is 10.7. The van der Waals surface area contributed by atoms with E-state index in [0.717, 1.165) is 5.57 Å². The predicted molar refractivity (Wildman–Crippen MR) is 70.3 cm³/mol. The van der Waals surface area contributed by atoms with Crippen molar-refractivity contribution in [2.75, 3.05) is 19.8 Å². The lowest BCUT2D eigenvalue weighted by atomic mass is 9.88. The van der Waals surface area contributed by atoms with Crippen molar-refractivity contribution in [1.82, 2.24) is 5.32 Å². The Morgan fingerprint density at radius 2 is 2.22 bits per heavy atom. The molecule has 0 bridgehead atoms. The number of amides is 1.